The van der Waals surface area contributed by atoms with Gasteiger partial charge in [-0.3, -0.25) is 10.3 Å². The number of hydrogen-bond acceptors (Lipinski definition) is 6. The van der Waals surface area contributed by atoms with E-state index < -0.39 is 6.09 Å². The fourth-order valence-corrected chi connectivity index (χ4v) is 2.18. The van der Waals surface area contributed by atoms with Crippen LogP contribution in [-0.4, -0.2) is 27.8 Å². The average molecular weight is 324 g/mol. The van der Waals surface area contributed by atoms with Crippen molar-refractivity contribution in [1.82, 2.24) is 15.1 Å². The van der Waals surface area contributed by atoms with Gasteiger partial charge in [0.1, 0.15) is 0 Å². The normalized spacial score (nSPS) is 10.4. The first kappa shape index (κ1) is 15.7. The number of benzene rings is 1. The Labute approximate surface area is 138 Å². The Morgan fingerprint density at radius 2 is 2.00 bits per heavy atom. The largest absolute Gasteiger partial charge is 0.450 e. The summed E-state index contributed by atoms with van der Waals surface area (Å²) in [7, 11) is 0. The third kappa shape index (κ3) is 3.75. The molecule has 0 aliphatic heterocycles. The number of hydrogen-bond donors (Lipinski definition) is 1. The highest BCUT2D eigenvalue weighted by Crippen LogP contribution is 2.20. The summed E-state index contributed by atoms with van der Waals surface area (Å²) in [6, 6.07) is 11.0. The summed E-state index contributed by atoms with van der Waals surface area (Å²) in [6.45, 7) is 2.07. The van der Waals surface area contributed by atoms with E-state index in [-0.39, 0.29) is 0 Å². The summed E-state index contributed by atoms with van der Waals surface area (Å²) in [4.78, 5) is 20.0. The number of pyridine rings is 1. The molecule has 0 saturated heterocycles. The number of carbonyl (C=O) groups is 1. The van der Waals surface area contributed by atoms with Gasteiger partial charge in [0.2, 0.25) is 11.7 Å². The van der Waals surface area contributed by atoms with Gasteiger partial charge in [-0.2, -0.15) is 4.98 Å². The number of carbonyl (C=O) groups excluding carboxylic acids is 1. The van der Waals surface area contributed by atoms with Gasteiger partial charge < -0.3 is 9.26 Å². The lowest BCUT2D eigenvalue weighted by molar-refractivity contribution is 0.168. The predicted molar refractivity (Wildman–Crippen MR) is 87.4 cm³/mol. The molecule has 7 heteroatoms. The number of rotatable bonds is 5. The highest BCUT2D eigenvalue weighted by molar-refractivity contribution is 5.85. The van der Waals surface area contributed by atoms with Crippen molar-refractivity contribution in [2.45, 2.75) is 13.3 Å². The van der Waals surface area contributed by atoms with Crippen molar-refractivity contribution in [2.75, 3.05) is 11.9 Å². The van der Waals surface area contributed by atoms with Crippen LogP contribution in [0.4, 0.5) is 10.5 Å². The molecule has 24 heavy (non-hydrogen) atoms. The van der Waals surface area contributed by atoms with E-state index in [0.717, 1.165) is 11.1 Å². The molecule has 0 radical (unpaired) electrons. The predicted octanol–water partition coefficient (Wildman–Crippen LogP) is 3.29. The van der Waals surface area contributed by atoms with Crippen LogP contribution in [0.3, 0.4) is 0 Å². The lowest BCUT2D eigenvalue weighted by Gasteiger charge is -2.09. The summed E-state index contributed by atoms with van der Waals surface area (Å²) in [5.74, 6) is 0.961. The van der Waals surface area contributed by atoms with Crippen molar-refractivity contribution < 1.29 is 14.1 Å². The van der Waals surface area contributed by atoms with Crippen molar-refractivity contribution in [1.29, 1.82) is 0 Å². The van der Waals surface area contributed by atoms with E-state index in [0.29, 0.717) is 30.4 Å². The van der Waals surface area contributed by atoms with Crippen molar-refractivity contribution in [3.8, 4) is 11.4 Å². The lowest BCUT2D eigenvalue weighted by atomic mass is 10.1. The molecule has 1 aromatic carbocycles. The maximum atomic E-state index is 11.6. The van der Waals surface area contributed by atoms with Gasteiger partial charge in [0.05, 0.1) is 13.0 Å². The van der Waals surface area contributed by atoms with Gasteiger partial charge in [0.15, 0.2) is 0 Å². The lowest BCUT2D eigenvalue weighted by Crippen LogP contribution is -2.14. The molecule has 0 spiro atoms. The highest BCUT2D eigenvalue weighted by Gasteiger charge is 2.12. The smallest absolute Gasteiger partial charge is 0.411 e. The average Bonchev–Trinajstić information content (AvgIpc) is 3.06. The van der Waals surface area contributed by atoms with Gasteiger partial charge in [0, 0.05) is 23.6 Å². The Balaban J connectivity index is 1.77. The standard InChI is InChI=1S/C17H16N4O3/c1-2-23-17(22)19-14-6-4-3-5-13(14)11-15-20-16(21-24-15)12-7-9-18-10-8-12/h3-10H,2,11H2,1H3,(H,19,22). The summed E-state index contributed by atoms with van der Waals surface area (Å²) in [5, 5.41) is 6.69. The Hall–Kier alpha value is -3.22. The molecule has 0 unspecified atom stereocenters. The first-order chi connectivity index (χ1) is 11.8. The molecule has 0 aliphatic carbocycles. The number of amides is 1. The molecule has 7 nitrogen and oxygen atoms in total. The molecule has 1 amide bonds. The second kappa shape index (κ2) is 7.36. The SMILES string of the molecule is CCOC(=O)Nc1ccccc1Cc1nc(-c2ccncc2)no1. The Bertz CT molecular complexity index is 817. The third-order valence-electron chi connectivity index (χ3n) is 3.28. The number of anilines is 1. The second-order valence-electron chi connectivity index (χ2n) is 4.93. The molecular formula is C17H16N4O3. The van der Waals surface area contributed by atoms with E-state index in [2.05, 4.69) is 20.4 Å². The minimum absolute atomic E-state index is 0.312. The maximum absolute atomic E-state index is 11.6. The molecule has 0 aliphatic rings. The zero-order chi connectivity index (χ0) is 16.8. The van der Waals surface area contributed by atoms with Crippen LogP contribution in [0.15, 0.2) is 53.3 Å². The second-order valence-corrected chi connectivity index (χ2v) is 4.93. The summed E-state index contributed by atoms with van der Waals surface area (Å²) >= 11 is 0. The Morgan fingerprint density at radius 3 is 2.79 bits per heavy atom. The van der Waals surface area contributed by atoms with Gasteiger partial charge >= 0.3 is 6.09 Å². The van der Waals surface area contributed by atoms with Gasteiger partial charge in [-0.1, -0.05) is 23.4 Å². The molecule has 3 rings (SSSR count). The molecular weight excluding hydrogens is 308 g/mol. The van der Waals surface area contributed by atoms with Crippen molar-refractivity contribution >= 4 is 11.8 Å². The minimum Gasteiger partial charge on any atom is -0.450 e. The van der Waals surface area contributed by atoms with Crippen molar-refractivity contribution in [3.05, 3.63) is 60.2 Å². The van der Waals surface area contributed by atoms with Crippen LogP contribution in [0.1, 0.15) is 18.4 Å². The first-order valence-electron chi connectivity index (χ1n) is 7.51. The van der Waals surface area contributed by atoms with E-state index in [1.54, 1.807) is 25.4 Å². The Morgan fingerprint density at radius 1 is 1.21 bits per heavy atom. The van der Waals surface area contributed by atoms with Crippen LogP contribution in [-0.2, 0) is 11.2 Å². The van der Waals surface area contributed by atoms with E-state index in [4.69, 9.17) is 9.26 Å². The van der Waals surface area contributed by atoms with Crippen LogP contribution < -0.4 is 5.32 Å². The Kier molecular flexibility index (Phi) is 4.81. The summed E-state index contributed by atoms with van der Waals surface area (Å²) in [6.07, 6.45) is 3.25. The number of aromatic nitrogens is 3. The first-order valence-corrected chi connectivity index (χ1v) is 7.51. The molecule has 0 saturated carbocycles. The van der Waals surface area contributed by atoms with Gasteiger partial charge in [-0.05, 0) is 30.7 Å². The van der Waals surface area contributed by atoms with Crippen LogP contribution in [0.2, 0.25) is 0 Å². The number of para-hydroxylation sites is 1. The molecule has 0 bridgehead atoms. The summed E-state index contributed by atoms with van der Waals surface area (Å²) in [5.41, 5.74) is 2.34. The van der Waals surface area contributed by atoms with Gasteiger partial charge in [0.25, 0.3) is 0 Å². The van der Waals surface area contributed by atoms with E-state index in [9.17, 15) is 4.79 Å². The zero-order valence-electron chi connectivity index (χ0n) is 13.1. The molecule has 122 valence electrons. The van der Waals surface area contributed by atoms with Gasteiger partial charge in [-0.25, -0.2) is 4.79 Å². The summed E-state index contributed by atoms with van der Waals surface area (Å²) < 4.78 is 10.2. The topological polar surface area (TPSA) is 90.1 Å². The van der Waals surface area contributed by atoms with Crippen molar-refractivity contribution in [2.24, 2.45) is 0 Å². The van der Waals surface area contributed by atoms with Crippen molar-refractivity contribution in [3.63, 3.8) is 0 Å². The molecule has 2 aromatic heterocycles. The molecule has 3 aromatic rings. The zero-order valence-corrected chi connectivity index (χ0v) is 13.1. The molecule has 0 atom stereocenters. The molecule has 1 N–H and O–H groups in total. The number of ether oxygens (including phenoxy) is 1. The van der Waals surface area contributed by atoms with Crippen LogP contribution >= 0.6 is 0 Å². The van der Waals surface area contributed by atoms with Crippen LogP contribution in [0, 0.1) is 0 Å². The van der Waals surface area contributed by atoms with Crippen LogP contribution in [0.5, 0.6) is 0 Å². The van der Waals surface area contributed by atoms with Gasteiger partial charge in [-0.15, -0.1) is 0 Å². The minimum atomic E-state index is -0.493. The molecule has 0 fully saturated rings. The molecule has 2 heterocycles. The monoisotopic (exact) mass is 324 g/mol. The van der Waals surface area contributed by atoms with E-state index >= 15 is 0 Å². The van der Waals surface area contributed by atoms with E-state index in [1.165, 1.54) is 0 Å². The number of nitrogens with one attached hydrogen (secondary N) is 1. The third-order valence-corrected chi connectivity index (χ3v) is 3.28. The highest BCUT2D eigenvalue weighted by atomic mass is 16.5. The number of nitrogens with zero attached hydrogens (tertiary/aromatic N) is 3. The quantitative estimate of drug-likeness (QED) is 0.774. The fourth-order valence-electron chi connectivity index (χ4n) is 2.18. The fraction of sp³-hybridized carbons (Fsp3) is 0.176. The van der Waals surface area contributed by atoms with E-state index in [1.807, 2.05) is 30.3 Å². The maximum Gasteiger partial charge on any atom is 0.411 e. The van der Waals surface area contributed by atoms with Crippen LogP contribution in [0.25, 0.3) is 11.4 Å².